The zero-order valence-corrected chi connectivity index (χ0v) is 21.6. The fourth-order valence-electron chi connectivity index (χ4n) is 3.28. The smallest absolute Gasteiger partial charge is 0.267 e. The van der Waals surface area contributed by atoms with E-state index in [0.717, 1.165) is 11.1 Å². The molecule has 3 rings (SSSR count). The van der Waals surface area contributed by atoms with E-state index >= 15 is 0 Å². The lowest BCUT2D eigenvalue weighted by molar-refractivity contribution is -0.130. The Kier molecular flexibility index (Phi) is 10.7. The topological polar surface area (TPSA) is 146 Å². The van der Waals surface area contributed by atoms with Crippen molar-refractivity contribution in [3.63, 3.8) is 0 Å². The molecule has 3 amide bonds. The Morgan fingerprint density at radius 1 is 0.895 bits per heavy atom. The summed E-state index contributed by atoms with van der Waals surface area (Å²) in [7, 11) is 0. The average molecular weight is 554 g/mol. The van der Waals surface area contributed by atoms with Gasteiger partial charge in [0.25, 0.3) is 11.8 Å². The largest absolute Gasteiger partial charge is 0.339 e. The number of amides is 3. The van der Waals surface area contributed by atoms with Crippen molar-refractivity contribution in [2.75, 3.05) is 18.4 Å². The van der Waals surface area contributed by atoms with Crippen molar-refractivity contribution >= 4 is 46.6 Å². The van der Waals surface area contributed by atoms with E-state index in [4.69, 9.17) is 34.1 Å². The van der Waals surface area contributed by atoms with Crippen LogP contribution in [0.15, 0.2) is 66.7 Å². The van der Waals surface area contributed by atoms with E-state index in [2.05, 4.69) is 27.8 Å². The number of rotatable bonds is 9. The van der Waals surface area contributed by atoms with Crippen LogP contribution in [0.1, 0.15) is 27.0 Å². The number of hydrogen-bond donors (Lipinski definition) is 6. The van der Waals surface area contributed by atoms with Gasteiger partial charge in [-0.25, -0.2) is 5.48 Å². The molecule has 196 valence electrons. The van der Waals surface area contributed by atoms with Gasteiger partial charge < -0.3 is 21.7 Å². The molecule has 9 nitrogen and oxygen atoms in total. The summed E-state index contributed by atoms with van der Waals surface area (Å²) in [5.41, 5.74) is 10.1. The first kappa shape index (κ1) is 28.7. The van der Waals surface area contributed by atoms with E-state index in [-0.39, 0.29) is 19.0 Å². The molecular weight excluding hydrogens is 529 g/mol. The van der Waals surface area contributed by atoms with Gasteiger partial charge in [-0.2, -0.15) is 0 Å². The van der Waals surface area contributed by atoms with E-state index in [1.54, 1.807) is 66.7 Å². The minimum atomic E-state index is -1.05. The molecule has 0 saturated carbocycles. The highest BCUT2D eigenvalue weighted by Gasteiger charge is 2.19. The van der Waals surface area contributed by atoms with E-state index in [9.17, 15) is 14.4 Å². The van der Waals surface area contributed by atoms with Gasteiger partial charge in [0.15, 0.2) is 0 Å². The van der Waals surface area contributed by atoms with Gasteiger partial charge in [0.05, 0.1) is 6.54 Å². The highest BCUT2D eigenvalue weighted by Crippen LogP contribution is 2.18. The van der Waals surface area contributed by atoms with Crippen LogP contribution in [-0.4, -0.2) is 42.1 Å². The van der Waals surface area contributed by atoms with Crippen molar-refractivity contribution in [1.82, 2.24) is 16.1 Å². The third-order valence-corrected chi connectivity index (χ3v) is 5.61. The second-order valence-electron chi connectivity index (χ2n) is 8.07. The van der Waals surface area contributed by atoms with Crippen LogP contribution in [0.5, 0.6) is 0 Å². The monoisotopic (exact) mass is 553 g/mol. The van der Waals surface area contributed by atoms with E-state index in [1.165, 1.54) is 5.48 Å². The number of benzene rings is 3. The maximum Gasteiger partial charge on any atom is 0.267 e. The average Bonchev–Trinajstić information content (AvgIpc) is 2.90. The Hall–Kier alpha value is -3.91. The minimum Gasteiger partial charge on any atom is -0.339 e. The first-order chi connectivity index (χ1) is 18.3. The summed E-state index contributed by atoms with van der Waals surface area (Å²) in [6.45, 7) is 0.394. The van der Waals surface area contributed by atoms with Gasteiger partial charge in [-0.15, -0.1) is 0 Å². The number of nitrogens with two attached hydrogens (primary N) is 1. The van der Waals surface area contributed by atoms with E-state index < -0.39 is 17.9 Å². The van der Waals surface area contributed by atoms with Crippen LogP contribution in [0.4, 0.5) is 5.69 Å². The summed E-state index contributed by atoms with van der Waals surface area (Å²) in [5, 5.41) is 18.1. The molecule has 38 heavy (non-hydrogen) atoms. The van der Waals surface area contributed by atoms with Crippen LogP contribution >= 0.6 is 23.2 Å². The number of carbonyl (C=O) groups is 3. The molecule has 0 aliphatic rings. The van der Waals surface area contributed by atoms with Gasteiger partial charge in [-0.3, -0.25) is 19.6 Å². The third-order valence-electron chi connectivity index (χ3n) is 5.17. The number of halogens is 2. The molecule has 0 spiro atoms. The molecular formula is C27H25Cl2N5O4. The van der Waals surface area contributed by atoms with Crippen LogP contribution < -0.4 is 27.2 Å². The molecule has 11 heteroatoms. The number of hydroxylamine groups is 1. The molecule has 1 atom stereocenters. The predicted molar refractivity (Wildman–Crippen MR) is 146 cm³/mol. The lowest BCUT2D eigenvalue weighted by Crippen LogP contribution is -2.50. The Balaban J connectivity index is 1.49. The van der Waals surface area contributed by atoms with Crippen molar-refractivity contribution in [1.29, 1.82) is 0 Å². The fraction of sp³-hybridized carbons (Fsp3) is 0.148. The maximum absolute atomic E-state index is 12.3. The minimum absolute atomic E-state index is 0.112. The third kappa shape index (κ3) is 8.88. The van der Waals surface area contributed by atoms with E-state index in [0.29, 0.717) is 33.4 Å². The van der Waals surface area contributed by atoms with Gasteiger partial charge in [-0.05, 0) is 72.3 Å². The molecule has 0 unspecified atom stereocenters. The molecule has 0 heterocycles. The normalized spacial score (nSPS) is 11.1. The van der Waals surface area contributed by atoms with Crippen molar-refractivity contribution in [3.05, 3.63) is 99.0 Å². The molecule has 0 radical (unpaired) electrons. The summed E-state index contributed by atoms with van der Waals surface area (Å²) in [5.74, 6) is 4.52. The van der Waals surface area contributed by atoms with Crippen LogP contribution in [0, 0.1) is 11.8 Å². The number of nitrogens with one attached hydrogen (secondary N) is 4. The number of hydrogen-bond acceptors (Lipinski definition) is 6. The molecule has 0 bridgehead atoms. The van der Waals surface area contributed by atoms with Crippen molar-refractivity contribution in [2.24, 2.45) is 5.73 Å². The molecule has 0 fully saturated rings. The zero-order chi connectivity index (χ0) is 27.5. The van der Waals surface area contributed by atoms with Crippen molar-refractivity contribution < 1.29 is 19.6 Å². The molecule has 3 aromatic carbocycles. The van der Waals surface area contributed by atoms with Gasteiger partial charge in [0.2, 0.25) is 5.91 Å². The Morgan fingerprint density at radius 2 is 1.47 bits per heavy atom. The Labute approximate surface area is 229 Å². The van der Waals surface area contributed by atoms with Crippen LogP contribution in [-0.2, 0) is 16.1 Å². The maximum atomic E-state index is 12.3. The molecule has 3 aromatic rings. The molecule has 0 saturated heterocycles. The standard InChI is InChI=1S/C27H25Cl2N5O4/c28-21-11-19(12-22(29)13-21)15-31-16-25(35)32-23-9-5-18(6-10-23)2-1-17-3-7-20(8-4-17)26(36)33-24(14-30)27(37)34-38/h3-13,24,31,38H,14-16,30H2,(H,32,35)(H,33,36)(H,34,37)/t24-/m0/s1. The Bertz CT molecular complexity index is 1330. The highest BCUT2D eigenvalue weighted by atomic mass is 35.5. The van der Waals surface area contributed by atoms with Crippen LogP contribution in [0.3, 0.4) is 0 Å². The second kappa shape index (κ2) is 14.1. The summed E-state index contributed by atoms with van der Waals surface area (Å²) in [6, 6.07) is 17.7. The summed E-state index contributed by atoms with van der Waals surface area (Å²) >= 11 is 12.0. The molecule has 0 aromatic heterocycles. The summed E-state index contributed by atoms with van der Waals surface area (Å²) in [4.78, 5) is 35.9. The predicted octanol–water partition coefficient (Wildman–Crippen LogP) is 2.68. The lowest BCUT2D eigenvalue weighted by Gasteiger charge is -2.14. The van der Waals surface area contributed by atoms with E-state index in [1.807, 2.05) is 0 Å². The highest BCUT2D eigenvalue weighted by molar-refractivity contribution is 6.34. The van der Waals surface area contributed by atoms with Gasteiger partial charge in [0.1, 0.15) is 6.04 Å². The van der Waals surface area contributed by atoms with Crippen molar-refractivity contribution in [3.8, 4) is 11.8 Å². The second-order valence-corrected chi connectivity index (χ2v) is 8.94. The quantitative estimate of drug-likeness (QED) is 0.136. The van der Waals surface area contributed by atoms with Crippen molar-refractivity contribution in [2.45, 2.75) is 12.6 Å². The van der Waals surface area contributed by atoms with Crippen LogP contribution in [0.2, 0.25) is 10.0 Å². The fourth-order valence-corrected chi connectivity index (χ4v) is 3.85. The summed E-state index contributed by atoms with van der Waals surface area (Å²) < 4.78 is 0. The number of anilines is 1. The SMILES string of the molecule is NC[C@H](NC(=O)c1ccc(C#Cc2ccc(NC(=O)CNCc3cc(Cl)cc(Cl)c3)cc2)cc1)C(=O)NO. The number of carbonyl (C=O) groups excluding carboxylic acids is 3. The van der Waals surface area contributed by atoms with Gasteiger partial charge in [-0.1, -0.05) is 35.0 Å². The summed E-state index contributed by atoms with van der Waals surface area (Å²) in [6.07, 6.45) is 0. The lowest BCUT2D eigenvalue weighted by atomic mass is 10.1. The molecule has 0 aliphatic heterocycles. The van der Waals surface area contributed by atoms with Crippen LogP contribution in [0.25, 0.3) is 0 Å². The first-order valence-corrected chi connectivity index (χ1v) is 12.2. The Morgan fingerprint density at radius 3 is 2.03 bits per heavy atom. The first-order valence-electron chi connectivity index (χ1n) is 11.4. The molecule has 0 aliphatic carbocycles. The van der Waals surface area contributed by atoms with Gasteiger partial charge >= 0.3 is 0 Å². The van der Waals surface area contributed by atoms with Gasteiger partial charge in [0, 0.05) is 45.5 Å². The molecule has 7 N–H and O–H groups in total. The zero-order valence-electron chi connectivity index (χ0n) is 20.1.